The molecular formula is C21H29N7O. The lowest BCUT2D eigenvalue weighted by atomic mass is 10.0. The maximum atomic E-state index is 13.3. The normalized spacial score (nSPS) is 23.7. The average Bonchev–Trinajstić information content (AvgIpc) is 3.53. The monoisotopic (exact) mass is 395 g/mol. The van der Waals surface area contributed by atoms with Crippen LogP contribution in [0.5, 0.6) is 0 Å². The van der Waals surface area contributed by atoms with Crippen molar-refractivity contribution in [3.8, 4) is 0 Å². The van der Waals surface area contributed by atoms with E-state index in [2.05, 4.69) is 19.9 Å². The van der Waals surface area contributed by atoms with Crippen molar-refractivity contribution in [1.29, 1.82) is 0 Å². The number of anilines is 2. The van der Waals surface area contributed by atoms with Gasteiger partial charge in [0.1, 0.15) is 17.5 Å². The fraction of sp³-hybridized carbons (Fsp3) is 0.619. The van der Waals surface area contributed by atoms with Crippen LogP contribution >= 0.6 is 0 Å². The predicted octanol–water partition coefficient (Wildman–Crippen LogP) is 1.71. The Morgan fingerprint density at radius 3 is 2.55 bits per heavy atom. The molecule has 1 atom stereocenters. The molecule has 1 aliphatic carbocycles. The summed E-state index contributed by atoms with van der Waals surface area (Å²) in [4.78, 5) is 29.1. The molecule has 4 heterocycles. The summed E-state index contributed by atoms with van der Waals surface area (Å²) in [6.07, 6.45) is 6.28. The van der Waals surface area contributed by atoms with Gasteiger partial charge in [0.05, 0.1) is 11.7 Å². The van der Waals surface area contributed by atoms with Crippen LogP contribution in [0.25, 0.3) is 0 Å². The van der Waals surface area contributed by atoms with E-state index in [9.17, 15) is 4.79 Å². The summed E-state index contributed by atoms with van der Waals surface area (Å²) in [5, 5.41) is 4.42. The van der Waals surface area contributed by atoms with E-state index in [1.807, 2.05) is 41.9 Å². The minimum atomic E-state index is -0.0338. The zero-order chi connectivity index (χ0) is 20.0. The molecule has 8 heteroatoms. The van der Waals surface area contributed by atoms with E-state index in [1.54, 1.807) is 0 Å². The lowest BCUT2D eigenvalue weighted by Gasteiger charge is -2.42. The van der Waals surface area contributed by atoms with Gasteiger partial charge < -0.3 is 4.90 Å². The van der Waals surface area contributed by atoms with Gasteiger partial charge in [0.25, 0.3) is 0 Å². The molecule has 29 heavy (non-hydrogen) atoms. The molecule has 0 spiro atoms. The average molecular weight is 396 g/mol. The van der Waals surface area contributed by atoms with Crippen molar-refractivity contribution in [2.75, 3.05) is 42.5 Å². The second-order valence-electron chi connectivity index (χ2n) is 8.49. The van der Waals surface area contributed by atoms with Gasteiger partial charge in [0.15, 0.2) is 0 Å². The van der Waals surface area contributed by atoms with Crippen LogP contribution in [-0.4, -0.2) is 69.3 Å². The molecule has 8 nitrogen and oxygen atoms in total. The highest BCUT2D eigenvalue weighted by molar-refractivity contribution is 5.97. The van der Waals surface area contributed by atoms with Crippen LogP contribution < -0.4 is 9.80 Å². The summed E-state index contributed by atoms with van der Waals surface area (Å²) in [6, 6.07) is 3.98. The summed E-state index contributed by atoms with van der Waals surface area (Å²) < 4.78 is 1.82. The molecule has 0 aromatic carbocycles. The molecule has 2 saturated heterocycles. The van der Waals surface area contributed by atoms with Gasteiger partial charge in [-0.05, 0) is 38.7 Å². The molecule has 1 amide bonds. The van der Waals surface area contributed by atoms with Gasteiger partial charge in [-0.3, -0.25) is 19.3 Å². The van der Waals surface area contributed by atoms with Crippen LogP contribution in [0.4, 0.5) is 11.6 Å². The molecule has 0 N–H and O–H groups in total. The Morgan fingerprint density at radius 2 is 1.86 bits per heavy atom. The van der Waals surface area contributed by atoms with Gasteiger partial charge in [-0.15, -0.1) is 0 Å². The first kappa shape index (κ1) is 18.5. The van der Waals surface area contributed by atoms with Gasteiger partial charge in [-0.25, -0.2) is 9.97 Å². The van der Waals surface area contributed by atoms with Crippen molar-refractivity contribution < 1.29 is 4.79 Å². The molecule has 0 unspecified atom stereocenters. The first-order valence-electron chi connectivity index (χ1n) is 10.7. The van der Waals surface area contributed by atoms with Crippen LogP contribution in [0.2, 0.25) is 0 Å². The maximum Gasteiger partial charge on any atom is 0.245 e. The maximum absolute atomic E-state index is 13.3. The van der Waals surface area contributed by atoms with E-state index in [4.69, 9.17) is 4.98 Å². The lowest BCUT2D eigenvalue weighted by molar-refractivity contribution is -0.125. The van der Waals surface area contributed by atoms with Crippen LogP contribution in [0.1, 0.15) is 43.1 Å². The first-order valence-corrected chi connectivity index (χ1v) is 10.7. The van der Waals surface area contributed by atoms with Gasteiger partial charge in [-0.1, -0.05) is 0 Å². The Bertz CT molecular complexity index is 898. The van der Waals surface area contributed by atoms with E-state index < -0.39 is 0 Å². The molecule has 3 aliphatic rings. The van der Waals surface area contributed by atoms with E-state index >= 15 is 0 Å². The molecule has 1 saturated carbocycles. The van der Waals surface area contributed by atoms with Gasteiger partial charge >= 0.3 is 0 Å². The standard InChI is InChI=1S/C21H29N7O/c1-15-14-19(25(2)24-15)28-9-3-4-17(21(28)29)26-10-12-27(13-11-26)18-7-8-22-20(23-18)16-5-6-16/h7-8,14,16-17H,3-6,9-13H2,1-2H3/t17-/m1/s1. The van der Waals surface area contributed by atoms with Gasteiger partial charge in [-0.2, -0.15) is 5.10 Å². The largest absolute Gasteiger partial charge is 0.354 e. The number of hydrogen-bond acceptors (Lipinski definition) is 6. The summed E-state index contributed by atoms with van der Waals surface area (Å²) in [6.45, 7) is 6.32. The van der Waals surface area contributed by atoms with Crippen molar-refractivity contribution in [1.82, 2.24) is 24.6 Å². The molecule has 2 aliphatic heterocycles. The topological polar surface area (TPSA) is 70.4 Å². The van der Waals surface area contributed by atoms with E-state index in [0.717, 1.165) is 68.7 Å². The minimum Gasteiger partial charge on any atom is -0.354 e. The van der Waals surface area contributed by atoms with Gasteiger partial charge in [0.2, 0.25) is 5.91 Å². The highest BCUT2D eigenvalue weighted by Crippen LogP contribution is 2.38. The number of nitrogens with zero attached hydrogens (tertiary/aromatic N) is 7. The Kier molecular flexibility index (Phi) is 4.73. The quantitative estimate of drug-likeness (QED) is 0.785. The second-order valence-corrected chi connectivity index (χ2v) is 8.49. The highest BCUT2D eigenvalue weighted by Gasteiger charge is 2.36. The van der Waals surface area contributed by atoms with E-state index in [0.29, 0.717) is 5.92 Å². The molecule has 154 valence electrons. The summed E-state index contributed by atoms with van der Waals surface area (Å²) in [5.41, 5.74) is 0.946. The SMILES string of the molecule is Cc1cc(N2CCC[C@@H](N3CCN(c4ccnc(C5CC5)n4)CC3)C2=O)n(C)n1. The van der Waals surface area contributed by atoms with Crippen molar-refractivity contribution in [2.45, 2.75) is 44.6 Å². The third kappa shape index (κ3) is 3.61. The Hall–Kier alpha value is -2.48. The molecule has 3 fully saturated rings. The number of piperidine rings is 1. The highest BCUT2D eigenvalue weighted by atomic mass is 16.2. The number of aromatic nitrogens is 4. The summed E-state index contributed by atoms with van der Waals surface area (Å²) in [5.74, 6) is 3.71. The summed E-state index contributed by atoms with van der Waals surface area (Å²) in [7, 11) is 1.91. The van der Waals surface area contributed by atoms with E-state index in [-0.39, 0.29) is 11.9 Å². The molecule has 2 aromatic rings. The Morgan fingerprint density at radius 1 is 1.07 bits per heavy atom. The summed E-state index contributed by atoms with van der Waals surface area (Å²) >= 11 is 0. The number of carbonyl (C=O) groups is 1. The fourth-order valence-corrected chi connectivity index (χ4v) is 4.61. The number of amides is 1. The molecule has 5 rings (SSSR count). The number of carbonyl (C=O) groups excluding carboxylic acids is 1. The number of rotatable bonds is 4. The third-order valence-electron chi connectivity index (χ3n) is 6.35. The second kappa shape index (κ2) is 7.40. The van der Waals surface area contributed by atoms with Crippen LogP contribution in [-0.2, 0) is 11.8 Å². The third-order valence-corrected chi connectivity index (χ3v) is 6.35. The minimum absolute atomic E-state index is 0.0338. The molecule has 2 aromatic heterocycles. The first-order chi connectivity index (χ1) is 14.1. The number of hydrogen-bond donors (Lipinski definition) is 0. The Balaban J connectivity index is 1.25. The van der Waals surface area contributed by atoms with Crippen molar-refractivity contribution in [3.05, 3.63) is 29.8 Å². The molecule has 0 bridgehead atoms. The van der Waals surface area contributed by atoms with Crippen LogP contribution in [0.3, 0.4) is 0 Å². The van der Waals surface area contributed by atoms with Crippen molar-refractivity contribution >= 4 is 17.5 Å². The zero-order valence-electron chi connectivity index (χ0n) is 17.3. The zero-order valence-corrected chi connectivity index (χ0v) is 17.3. The molecule has 0 radical (unpaired) electrons. The predicted molar refractivity (Wildman–Crippen MR) is 111 cm³/mol. The lowest BCUT2D eigenvalue weighted by Crippen LogP contribution is -2.58. The Labute approximate surface area is 171 Å². The number of piperazine rings is 1. The smallest absolute Gasteiger partial charge is 0.245 e. The van der Waals surface area contributed by atoms with Crippen molar-refractivity contribution in [3.63, 3.8) is 0 Å². The van der Waals surface area contributed by atoms with Crippen LogP contribution in [0, 0.1) is 6.92 Å². The fourth-order valence-electron chi connectivity index (χ4n) is 4.61. The number of aryl methyl sites for hydroxylation is 2. The van der Waals surface area contributed by atoms with Crippen LogP contribution in [0.15, 0.2) is 18.3 Å². The van der Waals surface area contributed by atoms with E-state index in [1.165, 1.54) is 12.8 Å². The molecular weight excluding hydrogens is 366 g/mol. The van der Waals surface area contributed by atoms with Gasteiger partial charge in [0, 0.05) is 58.0 Å². The van der Waals surface area contributed by atoms with Crippen molar-refractivity contribution in [2.24, 2.45) is 7.05 Å².